The number of carbonyl (C=O) groups is 4. The zero-order valence-corrected chi connectivity index (χ0v) is 24.4. The number of benzene rings is 1. The number of aromatic amines is 1. The smallest absolute Gasteiger partial charge is 0.326 e. The maximum Gasteiger partial charge on any atom is 0.326 e. The van der Waals surface area contributed by atoms with E-state index in [2.05, 4.69) is 20.9 Å². The summed E-state index contributed by atoms with van der Waals surface area (Å²) in [5.41, 5.74) is 13.2. The number of carboxylic acids is 1. The van der Waals surface area contributed by atoms with Crippen molar-refractivity contribution >= 4 is 46.4 Å². The van der Waals surface area contributed by atoms with Crippen LogP contribution < -0.4 is 27.4 Å². The fourth-order valence-corrected chi connectivity index (χ4v) is 4.86. The number of hydrogen-bond acceptors (Lipinski definition) is 7. The molecular formula is C28H44N6O5S. The van der Waals surface area contributed by atoms with E-state index < -0.39 is 47.9 Å². The van der Waals surface area contributed by atoms with Gasteiger partial charge in [0.25, 0.3) is 0 Å². The molecular weight excluding hydrogens is 532 g/mol. The molecule has 0 spiro atoms. The fraction of sp³-hybridized carbons (Fsp3) is 0.571. The number of unbranched alkanes of at least 4 members (excludes halogenated alkanes) is 1. The Kier molecular flexibility index (Phi) is 14.0. The molecule has 0 aliphatic rings. The van der Waals surface area contributed by atoms with Crippen LogP contribution in [0.1, 0.15) is 51.5 Å². The van der Waals surface area contributed by atoms with Crippen molar-refractivity contribution in [2.75, 3.05) is 18.6 Å². The Hall–Kier alpha value is -3.09. The summed E-state index contributed by atoms with van der Waals surface area (Å²) in [6.07, 6.45) is 6.20. The van der Waals surface area contributed by atoms with E-state index in [-0.39, 0.29) is 18.8 Å². The summed E-state index contributed by atoms with van der Waals surface area (Å²) in [5, 5.41) is 18.7. The van der Waals surface area contributed by atoms with Gasteiger partial charge >= 0.3 is 5.97 Å². The van der Waals surface area contributed by atoms with Crippen LogP contribution in [0, 0.1) is 5.92 Å². The third-order valence-electron chi connectivity index (χ3n) is 6.60. The molecule has 0 aliphatic carbocycles. The Balaban J connectivity index is 2.27. The standard InChI is InChI=1S/C28H44N6O5S/c1-17(2)14-23(33-25(35)20(30)9-6-7-12-29)26(36)34-24(27(37)32-22(28(38)39)11-13-40-3)15-18-16-31-21-10-5-4-8-19(18)21/h4-5,8,10,16-17,20,22-24,31H,6-7,9,11-15,29-30H2,1-3H3,(H,32,37)(H,33,35)(H,34,36)(H,38,39). The summed E-state index contributed by atoms with van der Waals surface area (Å²) >= 11 is 1.48. The Morgan fingerprint density at radius 3 is 2.25 bits per heavy atom. The van der Waals surface area contributed by atoms with Crippen LogP contribution in [0.25, 0.3) is 10.9 Å². The summed E-state index contributed by atoms with van der Waals surface area (Å²) < 4.78 is 0. The molecule has 0 saturated heterocycles. The molecule has 12 heteroatoms. The van der Waals surface area contributed by atoms with E-state index in [9.17, 15) is 24.3 Å². The zero-order chi connectivity index (χ0) is 29.7. The number of carboxylic acid groups (broad SMARTS) is 1. The topological polar surface area (TPSA) is 192 Å². The van der Waals surface area contributed by atoms with Gasteiger partial charge < -0.3 is 37.5 Å². The predicted molar refractivity (Wildman–Crippen MR) is 159 cm³/mol. The molecule has 1 heterocycles. The van der Waals surface area contributed by atoms with Crippen molar-refractivity contribution in [2.24, 2.45) is 17.4 Å². The number of para-hydroxylation sites is 1. The molecule has 0 saturated carbocycles. The number of H-pyrrole nitrogens is 1. The van der Waals surface area contributed by atoms with Crippen molar-refractivity contribution in [3.63, 3.8) is 0 Å². The van der Waals surface area contributed by atoms with Crippen LogP contribution in [0.15, 0.2) is 30.5 Å². The van der Waals surface area contributed by atoms with Crippen LogP contribution in [0.5, 0.6) is 0 Å². The van der Waals surface area contributed by atoms with Gasteiger partial charge in [-0.25, -0.2) is 4.79 Å². The van der Waals surface area contributed by atoms with Gasteiger partial charge in [0.05, 0.1) is 6.04 Å². The summed E-state index contributed by atoms with van der Waals surface area (Å²) in [4.78, 5) is 54.7. The number of rotatable bonds is 18. The fourth-order valence-electron chi connectivity index (χ4n) is 4.39. The minimum atomic E-state index is -1.15. The number of thioether (sulfide) groups is 1. The number of amides is 3. The van der Waals surface area contributed by atoms with Crippen LogP contribution in [0.2, 0.25) is 0 Å². The van der Waals surface area contributed by atoms with Gasteiger partial charge in [-0.05, 0) is 61.8 Å². The number of nitrogens with two attached hydrogens (primary N) is 2. The Morgan fingerprint density at radius 1 is 0.950 bits per heavy atom. The minimum absolute atomic E-state index is 0.0633. The van der Waals surface area contributed by atoms with Crippen molar-refractivity contribution in [1.29, 1.82) is 0 Å². The van der Waals surface area contributed by atoms with Gasteiger partial charge in [0, 0.05) is 23.5 Å². The Morgan fingerprint density at radius 2 is 1.60 bits per heavy atom. The molecule has 0 radical (unpaired) electrons. The molecule has 0 fully saturated rings. The average molecular weight is 577 g/mol. The largest absolute Gasteiger partial charge is 0.480 e. The molecule has 4 atom stereocenters. The lowest BCUT2D eigenvalue weighted by molar-refractivity contribution is -0.142. The van der Waals surface area contributed by atoms with E-state index in [1.165, 1.54) is 11.8 Å². The highest BCUT2D eigenvalue weighted by molar-refractivity contribution is 7.98. The molecule has 0 aliphatic heterocycles. The summed E-state index contributed by atoms with van der Waals surface area (Å²) in [7, 11) is 0. The maximum absolute atomic E-state index is 13.5. The minimum Gasteiger partial charge on any atom is -0.480 e. The van der Waals surface area contributed by atoms with E-state index in [1.807, 2.05) is 44.4 Å². The van der Waals surface area contributed by atoms with E-state index >= 15 is 0 Å². The molecule has 0 bridgehead atoms. The van der Waals surface area contributed by atoms with E-state index in [4.69, 9.17) is 11.5 Å². The number of fused-ring (bicyclic) bond motifs is 1. The molecule has 1 aromatic carbocycles. The summed E-state index contributed by atoms with van der Waals surface area (Å²) in [6, 6.07) is 3.70. The number of hydrogen-bond donors (Lipinski definition) is 7. The third kappa shape index (κ3) is 10.5. The predicted octanol–water partition coefficient (Wildman–Crippen LogP) is 1.50. The first-order chi connectivity index (χ1) is 19.1. The first-order valence-corrected chi connectivity index (χ1v) is 15.1. The molecule has 3 amide bonds. The number of carbonyl (C=O) groups excluding carboxylic acids is 3. The van der Waals surface area contributed by atoms with Gasteiger partial charge in [-0.15, -0.1) is 0 Å². The van der Waals surface area contributed by atoms with Crippen LogP contribution in [-0.4, -0.2) is 76.5 Å². The van der Waals surface area contributed by atoms with Gasteiger partial charge in [-0.1, -0.05) is 38.5 Å². The molecule has 2 aromatic rings. The van der Waals surface area contributed by atoms with E-state index in [0.29, 0.717) is 31.6 Å². The quantitative estimate of drug-likeness (QED) is 0.130. The SMILES string of the molecule is CSCCC(NC(=O)C(Cc1c[nH]c2ccccc12)NC(=O)C(CC(C)C)NC(=O)C(N)CCCCN)C(=O)O. The van der Waals surface area contributed by atoms with Gasteiger partial charge in [-0.2, -0.15) is 11.8 Å². The lowest BCUT2D eigenvalue weighted by Crippen LogP contribution is -2.57. The highest BCUT2D eigenvalue weighted by Gasteiger charge is 2.31. The van der Waals surface area contributed by atoms with E-state index in [1.54, 1.807) is 6.20 Å². The van der Waals surface area contributed by atoms with Crippen molar-refractivity contribution in [1.82, 2.24) is 20.9 Å². The highest BCUT2D eigenvalue weighted by Crippen LogP contribution is 2.19. The second-order valence-corrected chi connectivity index (χ2v) is 11.4. The average Bonchev–Trinajstić information content (AvgIpc) is 3.32. The summed E-state index contributed by atoms with van der Waals surface area (Å²) in [5.74, 6) is -2.13. The monoisotopic (exact) mass is 576 g/mol. The normalized spacial score (nSPS) is 14.3. The lowest BCUT2D eigenvalue weighted by atomic mass is 10.00. The van der Waals surface area contributed by atoms with Crippen molar-refractivity contribution in [3.8, 4) is 0 Å². The number of aromatic nitrogens is 1. The zero-order valence-electron chi connectivity index (χ0n) is 23.6. The van der Waals surface area contributed by atoms with Gasteiger partial charge in [-0.3, -0.25) is 14.4 Å². The van der Waals surface area contributed by atoms with Crippen LogP contribution >= 0.6 is 11.8 Å². The highest BCUT2D eigenvalue weighted by atomic mass is 32.2. The first kappa shape index (κ1) is 33.1. The second-order valence-electron chi connectivity index (χ2n) is 10.4. The third-order valence-corrected chi connectivity index (χ3v) is 7.25. The molecule has 222 valence electrons. The Bertz CT molecular complexity index is 1120. The number of nitrogens with one attached hydrogen (secondary N) is 4. The second kappa shape index (κ2) is 16.9. The van der Waals surface area contributed by atoms with Gasteiger partial charge in [0.15, 0.2) is 0 Å². The van der Waals surface area contributed by atoms with E-state index in [0.717, 1.165) is 22.9 Å². The maximum atomic E-state index is 13.5. The van der Waals surface area contributed by atoms with Gasteiger partial charge in [0.2, 0.25) is 17.7 Å². The van der Waals surface area contributed by atoms with Gasteiger partial charge in [0.1, 0.15) is 18.1 Å². The Labute approximate surface area is 240 Å². The molecule has 1 aromatic heterocycles. The van der Waals surface area contributed by atoms with Crippen molar-refractivity contribution in [3.05, 3.63) is 36.0 Å². The molecule has 2 rings (SSSR count). The van der Waals surface area contributed by atoms with Crippen molar-refractivity contribution in [2.45, 2.75) is 76.5 Å². The number of aliphatic carboxylic acids is 1. The molecule has 4 unspecified atom stereocenters. The van der Waals surface area contributed by atoms with Crippen LogP contribution in [0.3, 0.4) is 0 Å². The lowest BCUT2D eigenvalue weighted by Gasteiger charge is -2.26. The molecule has 40 heavy (non-hydrogen) atoms. The molecule has 11 nitrogen and oxygen atoms in total. The first-order valence-electron chi connectivity index (χ1n) is 13.7. The summed E-state index contributed by atoms with van der Waals surface area (Å²) in [6.45, 7) is 4.35. The van der Waals surface area contributed by atoms with Crippen LogP contribution in [-0.2, 0) is 25.6 Å². The molecule has 9 N–H and O–H groups in total. The van der Waals surface area contributed by atoms with Crippen molar-refractivity contribution < 1.29 is 24.3 Å². The van der Waals surface area contributed by atoms with Crippen LogP contribution in [0.4, 0.5) is 0 Å².